The molecule has 0 radical (unpaired) electrons. The number of ether oxygens (including phenoxy) is 3. The molecule has 2 heterocycles. The average molecular weight is 931 g/mol. The first-order valence-electron chi connectivity index (χ1n) is 26.8. The molecule has 0 aliphatic carbocycles. The van der Waals surface area contributed by atoms with E-state index in [1.54, 1.807) is 6.20 Å². The van der Waals surface area contributed by atoms with Crippen LogP contribution in [-0.4, -0.2) is 113 Å². The van der Waals surface area contributed by atoms with E-state index >= 15 is 0 Å². The van der Waals surface area contributed by atoms with Crippen LogP contribution in [0.25, 0.3) is 0 Å². The second kappa shape index (κ2) is 39.4. The van der Waals surface area contributed by atoms with Crippen LogP contribution in [0.3, 0.4) is 0 Å². The number of aryl methyl sites for hydroxylation is 1. The molecule has 0 spiro atoms. The van der Waals surface area contributed by atoms with Crippen molar-refractivity contribution in [2.45, 2.75) is 233 Å². The fourth-order valence-electron chi connectivity index (χ4n) is 8.36. The van der Waals surface area contributed by atoms with E-state index in [2.05, 4.69) is 41.3 Å². The van der Waals surface area contributed by atoms with E-state index in [-0.39, 0.29) is 44.0 Å². The first-order valence-corrected chi connectivity index (χ1v) is 26.8. The Kier molecular flexibility index (Phi) is 35.0. The van der Waals surface area contributed by atoms with Crippen molar-refractivity contribution in [3.8, 4) is 0 Å². The van der Waals surface area contributed by atoms with Crippen molar-refractivity contribution in [2.24, 2.45) is 5.92 Å². The number of nitrogens with zero attached hydrogens (tertiary/aromatic N) is 5. The average Bonchev–Trinajstić information content (AvgIpc) is 3.76. The van der Waals surface area contributed by atoms with Gasteiger partial charge in [0.1, 0.15) is 19.8 Å². The summed E-state index contributed by atoms with van der Waals surface area (Å²) in [6, 6.07) is 0. The molecule has 1 aliphatic heterocycles. The molecule has 380 valence electrons. The number of likely N-dealkylation sites (tertiary alicyclic amines) is 1. The number of unbranched alkanes of at least 4 members (excludes halogenated alkanes) is 20. The van der Waals surface area contributed by atoms with Crippen molar-refractivity contribution in [3.63, 3.8) is 0 Å². The number of amides is 2. The molecule has 1 fully saturated rings. The third kappa shape index (κ3) is 31.4. The highest BCUT2D eigenvalue weighted by atomic mass is 16.6. The fraction of sp³-hybridized carbons (Fsp3) is 0.865. The van der Waals surface area contributed by atoms with Crippen LogP contribution in [0, 0.1) is 5.92 Å². The monoisotopic (exact) mass is 931 g/mol. The van der Waals surface area contributed by atoms with Crippen molar-refractivity contribution in [1.82, 2.24) is 30.1 Å². The standard InChI is InChI=1S/C52H94N6O8/c1-5-8-10-12-14-16-18-20-22-24-26-31-50(61)64-43-47(66-51(62)32-27-25-23-21-19-17-15-13-11-9-6-2)44-65-52(63)42-58-41-46(54-55-58)29-28-30-48(59)53-35-38-57(49(60)7-3)40-39-56-36-33-45(4)34-37-56/h41,45,47H,5-40,42-44H2,1-4H3,(H,53,59). The number of hydrogen-bond donors (Lipinski definition) is 1. The second-order valence-electron chi connectivity index (χ2n) is 18.9. The number of aromatic nitrogens is 3. The van der Waals surface area contributed by atoms with Crippen molar-refractivity contribution < 1.29 is 38.2 Å². The Morgan fingerprint density at radius 1 is 0.667 bits per heavy atom. The largest absolute Gasteiger partial charge is 0.462 e. The zero-order valence-corrected chi connectivity index (χ0v) is 42.3. The van der Waals surface area contributed by atoms with Crippen molar-refractivity contribution in [1.29, 1.82) is 0 Å². The Morgan fingerprint density at radius 2 is 1.18 bits per heavy atom. The van der Waals surface area contributed by atoms with Crippen LogP contribution >= 0.6 is 0 Å². The molecular weight excluding hydrogens is 837 g/mol. The number of rotatable bonds is 42. The summed E-state index contributed by atoms with van der Waals surface area (Å²) in [5.74, 6) is -0.562. The SMILES string of the molecule is CCCCCCCCCCCCCC(=O)OCC(COC(=O)Cn1cc(CCCC(=O)NCCN(CCN2CCC(C)CC2)C(=O)CC)nn1)OC(=O)CCCCCCCCCCCCC. The molecule has 0 saturated carbocycles. The van der Waals surface area contributed by atoms with E-state index in [1.807, 2.05) is 11.8 Å². The predicted molar refractivity (Wildman–Crippen MR) is 262 cm³/mol. The van der Waals surface area contributed by atoms with Gasteiger partial charge in [0, 0.05) is 58.1 Å². The topological polar surface area (TPSA) is 162 Å². The smallest absolute Gasteiger partial charge is 0.327 e. The molecule has 14 nitrogen and oxygen atoms in total. The summed E-state index contributed by atoms with van der Waals surface area (Å²) in [6.45, 7) is 12.6. The van der Waals surface area contributed by atoms with Gasteiger partial charge in [-0.2, -0.15) is 0 Å². The fourth-order valence-corrected chi connectivity index (χ4v) is 8.36. The maximum atomic E-state index is 12.9. The van der Waals surface area contributed by atoms with E-state index < -0.39 is 18.0 Å². The lowest BCUT2D eigenvalue weighted by molar-refractivity contribution is -0.167. The van der Waals surface area contributed by atoms with Gasteiger partial charge in [-0.3, -0.25) is 24.0 Å². The van der Waals surface area contributed by atoms with Gasteiger partial charge in [-0.25, -0.2) is 4.68 Å². The molecule has 0 aromatic carbocycles. The molecule has 1 unspecified atom stereocenters. The number of nitrogens with one attached hydrogen (secondary N) is 1. The van der Waals surface area contributed by atoms with Crippen LogP contribution in [0.5, 0.6) is 0 Å². The van der Waals surface area contributed by atoms with Gasteiger partial charge in [-0.05, 0) is 57.5 Å². The molecule has 66 heavy (non-hydrogen) atoms. The van der Waals surface area contributed by atoms with Crippen molar-refractivity contribution in [3.05, 3.63) is 11.9 Å². The number of carbonyl (C=O) groups excluding carboxylic acids is 5. The van der Waals surface area contributed by atoms with Gasteiger partial charge in [0.05, 0.1) is 5.69 Å². The van der Waals surface area contributed by atoms with E-state index in [0.717, 1.165) is 64.1 Å². The molecule has 1 aromatic heterocycles. The van der Waals surface area contributed by atoms with E-state index in [1.165, 1.54) is 120 Å². The maximum absolute atomic E-state index is 12.9. The van der Waals surface area contributed by atoms with Crippen molar-refractivity contribution >= 4 is 29.7 Å². The van der Waals surface area contributed by atoms with Crippen LogP contribution in [-0.2, 0) is 51.1 Å². The Balaban J connectivity index is 1.72. The first-order chi connectivity index (χ1) is 32.1. The molecule has 1 atom stereocenters. The van der Waals surface area contributed by atoms with Crippen LogP contribution in [0.15, 0.2) is 6.20 Å². The van der Waals surface area contributed by atoms with Gasteiger partial charge in [0.25, 0.3) is 0 Å². The van der Waals surface area contributed by atoms with Gasteiger partial charge in [-0.15, -0.1) is 5.10 Å². The summed E-state index contributed by atoms with van der Waals surface area (Å²) in [4.78, 5) is 67.8. The highest BCUT2D eigenvalue weighted by Gasteiger charge is 2.21. The van der Waals surface area contributed by atoms with E-state index in [4.69, 9.17) is 14.2 Å². The van der Waals surface area contributed by atoms with E-state index in [9.17, 15) is 24.0 Å². The summed E-state index contributed by atoms with van der Waals surface area (Å²) in [7, 11) is 0. The maximum Gasteiger partial charge on any atom is 0.327 e. The highest BCUT2D eigenvalue weighted by Crippen LogP contribution is 2.17. The molecule has 14 heteroatoms. The lowest BCUT2D eigenvalue weighted by Gasteiger charge is -2.32. The third-order valence-electron chi connectivity index (χ3n) is 12.8. The quantitative estimate of drug-likeness (QED) is 0.0377. The van der Waals surface area contributed by atoms with Gasteiger partial charge in [0.15, 0.2) is 6.10 Å². The Morgan fingerprint density at radius 3 is 1.73 bits per heavy atom. The summed E-state index contributed by atoms with van der Waals surface area (Å²) in [5.41, 5.74) is 0.640. The number of carbonyl (C=O) groups is 5. The molecule has 2 rings (SSSR count). The normalized spacial score (nSPS) is 13.6. The Hall–Kier alpha value is -3.55. The van der Waals surface area contributed by atoms with Crippen LogP contribution in [0.2, 0.25) is 0 Å². The molecule has 2 amide bonds. The highest BCUT2D eigenvalue weighted by molar-refractivity contribution is 5.77. The minimum absolute atomic E-state index is 0.0892. The minimum atomic E-state index is -0.910. The zero-order chi connectivity index (χ0) is 47.9. The van der Waals surface area contributed by atoms with Crippen molar-refractivity contribution in [2.75, 3.05) is 52.5 Å². The molecule has 1 N–H and O–H groups in total. The molecule has 1 aromatic rings. The van der Waals surface area contributed by atoms with Gasteiger partial charge < -0.3 is 29.3 Å². The summed E-state index contributed by atoms with van der Waals surface area (Å²) >= 11 is 0. The zero-order valence-electron chi connectivity index (χ0n) is 42.3. The Labute approximate surface area is 400 Å². The van der Waals surface area contributed by atoms with Gasteiger partial charge >= 0.3 is 17.9 Å². The van der Waals surface area contributed by atoms with Gasteiger partial charge in [-0.1, -0.05) is 161 Å². The predicted octanol–water partition coefficient (Wildman–Crippen LogP) is 10.1. The first kappa shape index (κ1) is 58.6. The number of esters is 3. The molecular formula is C52H94N6O8. The number of piperidine rings is 1. The van der Waals surface area contributed by atoms with Crippen LogP contribution < -0.4 is 5.32 Å². The lowest BCUT2D eigenvalue weighted by atomic mass is 9.99. The van der Waals surface area contributed by atoms with Crippen LogP contribution in [0.4, 0.5) is 0 Å². The molecule has 1 aliphatic rings. The summed E-state index contributed by atoms with van der Waals surface area (Å²) in [6.07, 6.45) is 31.5. The molecule has 0 bridgehead atoms. The number of hydrogen-bond acceptors (Lipinski definition) is 11. The summed E-state index contributed by atoms with van der Waals surface area (Å²) < 4.78 is 18.1. The Bertz CT molecular complexity index is 1420. The van der Waals surface area contributed by atoms with E-state index in [0.29, 0.717) is 57.4 Å². The third-order valence-corrected chi connectivity index (χ3v) is 12.8. The minimum Gasteiger partial charge on any atom is -0.462 e. The lowest BCUT2D eigenvalue weighted by Crippen LogP contribution is -2.44. The van der Waals surface area contributed by atoms with Crippen LogP contribution in [0.1, 0.15) is 220 Å². The molecule has 1 saturated heterocycles. The van der Waals surface area contributed by atoms with Gasteiger partial charge in [0.2, 0.25) is 11.8 Å². The second-order valence-corrected chi connectivity index (χ2v) is 18.9. The summed E-state index contributed by atoms with van der Waals surface area (Å²) in [5, 5.41) is 11.2.